The van der Waals surface area contributed by atoms with Gasteiger partial charge in [-0.3, -0.25) is 0 Å². The van der Waals surface area contributed by atoms with Crippen molar-refractivity contribution in [2.24, 2.45) is 11.7 Å². The summed E-state index contributed by atoms with van der Waals surface area (Å²) in [6.45, 7) is 2.72. The topological polar surface area (TPSA) is 35.2 Å². The largest absolute Gasteiger partial charge is 0.494 e. The number of rotatable bonds is 4. The third-order valence-corrected chi connectivity index (χ3v) is 3.99. The molecular formula is C16H25NO. The van der Waals surface area contributed by atoms with Gasteiger partial charge in [0, 0.05) is 11.6 Å². The summed E-state index contributed by atoms with van der Waals surface area (Å²) in [5.41, 5.74) is 7.68. The van der Waals surface area contributed by atoms with Crippen molar-refractivity contribution in [2.75, 3.05) is 6.61 Å². The number of nitrogens with two attached hydrogens (primary N) is 1. The first kappa shape index (κ1) is 13.4. The molecule has 0 aromatic heterocycles. The van der Waals surface area contributed by atoms with E-state index in [4.69, 9.17) is 10.5 Å². The number of hydrogen-bond donors (Lipinski definition) is 1. The van der Waals surface area contributed by atoms with Crippen LogP contribution in [0.5, 0.6) is 5.75 Å². The van der Waals surface area contributed by atoms with E-state index in [1.807, 2.05) is 19.1 Å². The quantitative estimate of drug-likeness (QED) is 0.814. The molecule has 1 aromatic rings. The lowest BCUT2D eigenvalue weighted by Gasteiger charge is -2.24. The fraction of sp³-hybridized carbons (Fsp3) is 0.625. The van der Waals surface area contributed by atoms with Gasteiger partial charge in [0.2, 0.25) is 0 Å². The van der Waals surface area contributed by atoms with Crippen LogP contribution in [0.4, 0.5) is 0 Å². The zero-order valence-electron chi connectivity index (χ0n) is 11.4. The van der Waals surface area contributed by atoms with Crippen LogP contribution in [-0.4, -0.2) is 6.61 Å². The van der Waals surface area contributed by atoms with Gasteiger partial charge in [0.15, 0.2) is 0 Å². The number of para-hydroxylation sites is 1. The van der Waals surface area contributed by atoms with Crippen LogP contribution in [-0.2, 0) is 0 Å². The Hall–Kier alpha value is -1.02. The first-order valence-electron chi connectivity index (χ1n) is 7.30. The second kappa shape index (κ2) is 6.79. The van der Waals surface area contributed by atoms with Gasteiger partial charge in [-0.25, -0.2) is 0 Å². The molecule has 2 heteroatoms. The Morgan fingerprint density at radius 3 is 2.50 bits per heavy atom. The van der Waals surface area contributed by atoms with Crippen molar-refractivity contribution < 1.29 is 4.74 Å². The summed E-state index contributed by atoms with van der Waals surface area (Å²) in [4.78, 5) is 0. The van der Waals surface area contributed by atoms with Crippen molar-refractivity contribution in [3.05, 3.63) is 29.8 Å². The highest BCUT2D eigenvalue weighted by atomic mass is 16.5. The Balaban J connectivity index is 2.13. The second-order valence-electron chi connectivity index (χ2n) is 5.25. The average Bonchev–Trinajstić information content (AvgIpc) is 2.68. The van der Waals surface area contributed by atoms with Crippen LogP contribution < -0.4 is 10.5 Å². The van der Waals surface area contributed by atoms with Crippen molar-refractivity contribution in [1.82, 2.24) is 0 Å². The fourth-order valence-corrected chi connectivity index (χ4v) is 2.97. The van der Waals surface area contributed by atoms with Crippen LogP contribution in [0.15, 0.2) is 24.3 Å². The molecule has 1 saturated carbocycles. The Bertz CT molecular complexity index is 356. The molecule has 0 saturated heterocycles. The lowest BCUT2D eigenvalue weighted by molar-refractivity contribution is 0.320. The molecule has 1 fully saturated rings. The molecular weight excluding hydrogens is 222 g/mol. The van der Waals surface area contributed by atoms with Crippen LogP contribution in [0.2, 0.25) is 0 Å². The van der Waals surface area contributed by atoms with Gasteiger partial charge in [0.05, 0.1) is 6.61 Å². The lowest BCUT2D eigenvalue weighted by Crippen LogP contribution is -2.21. The third-order valence-electron chi connectivity index (χ3n) is 3.99. The molecule has 0 heterocycles. The summed E-state index contributed by atoms with van der Waals surface area (Å²) in [5.74, 6) is 1.59. The minimum atomic E-state index is 0.130. The molecule has 0 amide bonds. The van der Waals surface area contributed by atoms with Gasteiger partial charge in [0.1, 0.15) is 5.75 Å². The average molecular weight is 247 g/mol. The summed E-state index contributed by atoms with van der Waals surface area (Å²) in [6, 6.07) is 8.38. The fourth-order valence-electron chi connectivity index (χ4n) is 2.97. The van der Waals surface area contributed by atoms with Crippen LogP contribution in [0.25, 0.3) is 0 Å². The Kier molecular flexibility index (Phi) is 5.06. The van der Waals surface area contributed by atoms with Gasteiger partial charge >= 0.3 is 0 Å². The normalized spacial score (nSPS) is 19.2. The molecule has 0 aliphatic heterocycles. The maximum atomic E-state index is 6.49. The summed E-state index contributed by atoms with van der Waals surface area (Å²) >= 11 is 0. The minimum Gasteiger partial charge on any atom is -0.494 e. The molecule has 100 valence electrons. The molecule has 2 nitrogen and oxygen atoms in total. The van der Waals surface area contributed by atoms with E-state index in [9.17, 15) is 0 Å². The maximum Gasteiger partial charge on any atom is 0.124 e. The zero-order chi connectivity index (χ0) is 12.8. The van der Waals surface area contributed by atoms with Crippen molar-refractivity contribution in [1.29, 1.82) is 0 Å². The van der Waals surface area contributed by atoms with Crippen LogP contribution in [0.3, 0.4) is 0 Å². The number of benzene rings is 1. The first-order valence-corrected chi connectivity index (χ1v) is 7.30. The van der Waals surface area contributed by atoms with E-state index in [1.165, 1.54) is 44.1 Å². The van der Waals surface area contributed by atoms with Crippen molar-refractivity contribution >= 4 is 0 Å². The van der Waals surface area contributed by atoms with Crippen LogP contribution >= 0.6 is 0 Å². The lowest BCUT2D eigenvalue weighted by atomic mass is 9.87. The highest BCUT2D eigenvalue weighted by Gasteiger charge is 2.23. The summed E-state index contributed by atoms with van der Waals surface area (Å²) in [6.07, 6.45) is 7.93. The van der Waals surface area contributed by atoms with Gasteiger partial charge in [-0.05, 0) is 31.7 Å². The molecule has 1 aliphatic carbocycles. The van der Waals surface area contributed by atoms with Gasteiger partial charge in [-0.15, -0.1) is 0 Å². The minimum absolute atomic E-state index is 0.130. The maximum absolute atomic E-state index is 6.49. The summed E-state index contributed by atoms with van der Waals surface area (Å²) in [5, 5.41) is 0. The Morgan fingerprint density at radius 2 is 1.83 bits per heavy atom. The smallest absolute Gasteiger partial charge is 0.124 e. The number of hydrogen-bond acceptors (Lipinski definition) is 2. The van der Waals surface area contributed by atoms with E-state index >= 15 is 0 Å². The molecule has 2 rings (SSSR count). The third kappa shape index (κ3) is 3.26. The van der Waals surface area contributed by atoms with Crippen molar-refractivity contribution in [3.8, 4) is 5.75 Å². The highest BCUT2D eigenvalue weighted by molar-refractivity contribution is 5.36. The van der Waals surface area contributed by atoms with E-state index in [0.717, 1.165) is 5.75 Å². The molecule has 2 N–H and O–H groups in total. The van der Waals surface area contributed by atoms with E-state index < -0.39 is 0 Å². The molecule has 1 aliphatic rings. The summed E-state index contributed by atoms with van der Waals surface area (Å²) < 4.78 is 5.70. The van der Waals surface area contributed by atoms with Crippen molar-refractivity contribution in [2.45, 2.75) is 51.5 Å². The van der Waals surface area contributed by atoms with E-state index in [2.05, 4.69) is 12.1 Å². The molecule has 0 radical (unpaired) electrons. The summed E-state index contributed by atoms with van der Waals surface area (Å²) in [7, 11) is 0. The van der Waals surface area contributed by atoms with E-state index in [-0.39, 0.29) is 6.04 Å². The molecule has 0 bridgehead atoms. The van der Waals surface area contributed by atoms with Crippen LogP contribution in [0, 0.1) is 5.92 Å². The van der Waals surface area contributed by atoms with E-state index in [0.29, 0.717) is 12.5 Å². The molecule has 1 atom stereocenters. The molecule has 1 unspecified atom stereocenters. The Morgan fingerprint density at radius 1 is 1.17 bits per heavy atom. The molecule has 0 spiro atoms. The van der Waals surface area contributed by atoms with Gasteiger partial charge in [-0.1, -0.05) is 43.9 Å². The second-order valence-corrected chi connectivity index (χ2v) is 5.25. The van der Waals surface area contributed by atoms with Crippen LogP contribution in [0.1, 0.15) is 57.1 Å². The molecule has 18 heavy (non-hydrogen) atoms. The van der Waals surface area contributed by atoms with E-state index in [1.54, 1.807) is 0 Å². The van der Waals surface area contributed by atoms with Gasteiger partial charge in [-0.2, -0.15) is 0 Å². The Labute approximate surface area is 111 Å². The predicted octanol–water partition coefficient (Wildman–Crippen LogP) is 4.06. The molecule has 1 aromatic carbocycles. The number of ether oxygens (including phenoxy) is 1. The monoisotopic (exact) mass is 247 g/mol. The highest BCUT2D eigenvalue weighted by Crippen LogP contribution is 2.35. The SMILES string of the molecule is CCOc1ccccc1C(N)C1CCCCCC1. The standard InChI is InChI=1S/C16H25NO/c1-2-18-15-12-8-7-11-14(15)16(17)13-9-5-3-4-6-10-13/h7-8,11-13,16H,2-6,9-10,17H2,1H3. The van der Waals surface area contributed by atoms with Crippen molar-refractivity contribution in [3.63, 3.8) is 0 Å². The van der Waals surface area contributed by atoms with Gasteiger partial charge < -0.3 is 10.5 Å². The predicted molar refractivity (Wildman–Crippen MR) is 75.7 cm³/mol. The first-order chi connectivity index (χ1) is 8.83. The van der Waals surface area contributed by atoms with Gasteiger partial charge in [0.25, 0.3) is 0 Å². The zero-order valence-corrected chi connectivity index (χ0v) is 11.4.